The second-order valence-corrected chi connectivity index (χ2v) is 8.41. The van der Waals surface area contributed by atoms with Crippen LogP contribution in [0.4, 0.5) is 0 Å². The SMILES string of the molecule is CC(C)(C)N1CCC(NC(c2cccs2)C2CC2)CC1. The van der Waals surface area contributed by atoms with E-state index in [2.05, 4.69) is 48.5 Å². The van der Waals surface area contributed by atoms with Crippen LogP contribution in [0.2, 0.25) is 0 Å². The Kier molecular flexibility index (Phi) is 4.21. The Labute approximate surface area is 127 Å². The van der Waals surface area contributed by atoms with Gasteiger partial charge in [-0.3, -0.25) is 4.90 Å². The third kappa shape index (κ3) is 3.44. The molecule has 1 saturated heterocycles. The summed E-state index contributed by atoms with van der Waals surface area (Å²) < 4.78 is 0. The van der Waals surface area contributed by atoms with Crippen molar-refractivity contribution in [2.75, 3.05) is 13.1 Å². The van der Waals surface area contributed by atoms with Gasteiger partial charge >= 0.3 is 0 Å². The zero-order valence-electron chi connectivity index (χ0n) is 13.1. The predicted octanol–water partition coefficient (Wildman–Crippen LogP) is 4.05. The van der Waals surface area contributed by atoms with Crippen LogP contribution in [0.3, 0.4) is 0 Å². The predicted molar refractivity (Wildman–Crippen MR) is 87.3 cm³/mol. The highest BCUT2D eigenvalue weighted by Crippen LogP contribution is 2.43. The van der Waals surface area contributed by atoms with Gasteiger partial charge in [0.1, 0.15) is 0 Å². The molecule has 0 amide bonds. The van der Waals surface area contributed by atoms with Crippen molar-refractivity contribution in [3.63, 3.8) is 0 Å². The first-order valence-electron chi connectivity index (χ1n) is 8.08. The number of piperidine rings is 1. The molecule has 2 aliphatic rings. The fraction of sp³-hybridized carbons (Fsp3) is 0.765. The first kappa shape index (κ1) is 14.6. The summed E-state index contributed by atoms with van der Waals surface area (Å²) in [5.74, 6) is 0.897. The fourth-order valence-corrected chi connectivity index (χ4v) is 4.20. The van der Waals surface area contributed by atoms with Gasteiger partial charge in [-0.25, -0.2) is 0 Å². The molecule has 0 radical (unpaired) electrons. The standard InChI is InChI=1S/C17H28N2S/c1-17(2,3)19-10-8-14(9-11-19)18-16(13-6-7-13)15-5-4-12-20-15/h4-5,12-14,16,18H,6-11H2,1-3H3. The van der Waals surface area contributed by atoms with Crippen LogP contribution in [0.25, 0.3) is 0 Å². The van der Waals surface area contributed by atoms with Crippen LogP contribution in [-0.2, 0) is 0 Å². The van der Waals surface area contributed by atoms with E-state index in [1.165, 1.54) is 38.8 Å². The first-order valence-corrected chi connectivity index (χ1v) is 8.96. The Balaban J connectivity index is 1.56. The maximum atomic E-state index is 3.98. The third-order valence-electron chi connectivity index (χ3n) is 4.80. The Bertz CT molecular complexity index is 409. The van der Waals surface area contributed by atoms with Crippen molar-refractivity contribution < 1.29 is 0 Å². The normalized spacial score (nSPS) is 23.9. The van der Waals surface area contributed by atoms with Crippen LogP contribution < -0.4 is 5.32 Å². The van der Waals surface area contributed by atoms with Crippen LogP contribution in [0.1, 0.15) is 57.4 Å². The fourth-order valence-electron chi connectivity index (χ4n) is 3.32. The lowest BCUT2D eigenvalue weighted by molar-refractivity contribution is 0.0930. The largest absolute Gasteiger partial charge is 0.306 e. The molecule has 20 heavy (non-hydrogen) atoms. The number of nitrogens with one attached hydrogen (secondary N) is 1. The molecule has 3 heteroatoms. The van der Waals surface area contributed by atoms with Crippen molar-refractivity contribution in [3.05, 3.63) is 22.4 Å². The summed E-state index contributed by atoms with van der Waals surface area (Å²) in [7, 11) is 0. The zero-order valence-corrected chi connectivity index (χ0v) is 13.9. The molecule has 0 bridgehead atoms. The van der Waals surface area contributed by atoms with Crippen molar-refractivity contribution in [2.45, 2.75) is 64.1 Å². The number of rotatable bonds is 4. The minimum absolute atomic E-state index is 0.328. The van der Waals surface area contributed by atoms with Crippen molar-refractivity contribution >= 4 is 11.3 Å². The molecule has 2 heterocycles. The van der Waals surface area contributed by atoms with E-state index in [9.17, 15) is 0 Å². The summed E-state index contributed by atoms with van der Waals surface area (Å²) in [4.78, 5) is 4.17. The number of hydrogen-bond acceptors (Lipinski definition) is 3. The molecule has 1 aliphatic heterocycles. The summed E-state index contributed by atoms with van der Waals surface area (Å²) in [5, 5.41) is 6.19. The van der Waals surface area contributed by atoms with E-state index in [1.54, 1.807) is 4.88 Å². The van der Waals surface area contributed by atoms with Crippen LogP contribution in [0.15, 0.2) is 17.5 Å². The molecule has 1 N–H and O–H groups in total. The Morgan fingerprint density at radius 1 is 1.20 bits per heavy atom. The van der Waals surface area contributed by atoms with E-state index < -0.39 is 0 Å². The van der Waals surface area contributed by atoms with Gasteiger partial charge in [-0.05, 0) is 63.8 Å². The molecule has 1 atom stereocenters. The molecule has 2 nitrogen and oxygen atoms in total. The highest BCUT2D eigenvalue weighted by molar-refractivity contribution is 7.10. The van der Waals surface area contributed by atoms with Gasteiger partial charge in [0.2, 0.25) is 0 Å². The van der Waals surface area contributed by atoms with Gasteiger partial charge in [-0.15, -0.1) is 11.3 Å². The van der Waals surface area contributed by atoms with Gasteiger partial charge < -0.3 is 5.32 Å². The molecule has 112 valence electrons. The summed E-state index contributed by atoms with van der Waals surface area (Å²) in [6.07, 6.45) is 5.42. The van der Waals surface area contributed by atoms with Gasteiger partial charge in [0, 0.05) is 35.6 Å². The molecule has 1 aromatic rings. The minimum Gasteiger partial charge on any atom is -0.306 e. The number of hydrogen-bond donors (Lipinski definition) is 1. The van der Waals surface area contributed by atoms with E-state index in [0.717, 1.165) is 5.92 Å². The molecule has 2 fully saturated rings. The smallest absolute Gasteiger partial charge is 0.0445 e. The molecule has 1 aliphatic carbocycles. The maximum absolute atomic E-state index is 3.98. The van der Waals surface area contributed by atoms with Crippen LogP contribution >= 0.6 is 11.3 Å². The lowest BCUT2D eigenvalue weighted by atomic mass is 9.97. The van der Waals surface area contributed by atoms with E-state index in [4.69, 9.17) is 0 Å². The lowest BCUT2D eigenvalue weighted by Gasteiger charge is -2.41. The second-order valence-electron chi connectivity index (χ2n) is 7.43. The van der Waals surface area contributed by atoms with E-state index in [1.807, 2.05) is 11.3 Å². The summed E-state index contributed by atoms with van der Waals surface area (Å²) in [6, 6.07) is 5.84. The van der Waals surface area contributed by atoms with E-state index >= 15 is 0 Å². The first-order chi connectivity index (χ1) is 9.54. The van der Waals surface area contributed by atoms with Crippen molar-refractivity contribution in [2.24, 2.45) is 5.92 Å². The highest BCUT2D eigenvalue weighted by Gasteiger charge is 2.35. The minimum atomic E-state index is 0.328. The van der Waals surface area contributed by atoms with E-state index in [-0.39, 0.29) is 0 Å². The molecule has 3 rings (SSSR count). The van der Waals surface area contributed by atoms with Gasteiger partial charge in [0.15, 0.2) is 0 Å². The molecule has 1 unspecified atom stereocenters. The Hall–Kier alpha value is -0.380. The average molecular weight is 292 g/mol. The molecular formula is C17H28N2S. The highest BCUT2D eigenvalue weighted by atomic mass is 32.1. The van der Waals surface area contributed by atoms with Gasteiger partial charge in [0.05, 0.1) is 0 Å². The zero-order chi connectivity index (χ0) is 14.2. The number of nitrogens with zero attached hydrogens (tertiary/aromatic N) is 1. The van der Waals surface area contributed by atoms with Crippen molar-refractivity contribution in [3.8, 4) is 0 Å². The van der Waals surface area contributed by atoms with Gasteiger partial charge in [-0.1, -0.05) is 6.07 Å². The molecule has 1 saturated carbocycles. The Morgan fingerprint density at radius 2 is 1.90 bits per heavy atom. The Morgan fingerprint density at radius 3 is 2.40 bits per heavy atom. The van der Waals surface area contributed by atoms with Crippen molar-refractivity contribution in [1.29, 1.82) is 0 Å². The summed E-state index contributed by atoms with van der Waals surface area (Å²) in [5.41, 5.74) is 0.328. The van der Waals surface area contributed by atoms with Crippen LogP contribution in [-0.4, -0.2) is 29.6 Å². The maximum Gasteiger partial charge on any atom is 0.0445 e. The average Bonchev–Trinajstić information content (AvgIpc) is 3.10. The molecular weight excluding hydrogens is 264 g/mol. The van der Waals surface area contributed by atoms with Gasteiger partial charge in [0.25, 0.3) is 0 Å². The molecule has 0 aromatic carbocycles. The molecule has 1 aromatic heterocycles. The third-order valence-corrected chi connectivity index (χ3v) is 5.76. The van der Waals surface area contributed by atoms with Gasteiger partial charge in [-0.2, -0.15) is 0 Å². The molecule has 0 spiro atoms. The number of likely N-dealkylation sites (tertiary alicyclic amines) is 1. The summed E-state index contributed by atoms with van der Waals surface area (Å²) >= 11 is 1.92. The number of thiophene rings is 1. The van der Waals surface area contributed by atoms with Crippen molar-refractivity contribution in [1.82, 2.24) is 10.2 Å². The quantitative estimate of drug-likeness (QED) is 0.900. The monoisotopic (exact) mass is 292 g/mol. The summed E-state index contributed by atoms with van der Waals surface area (Å²) in [6.45, 7) is 9.48. The lowest BCUT2D eigenvalue weighted by Crippen LogP contribution is -2.50. The topological polar surface area (TPSA) is 15.3 Å². The van der Waals surface area contributed by atoms with E-state index in [0.29, 0.717) is 17.6 Å². The van der Waals surface area contributed by atoms with Crippen LogP contribution in [0.5, 0.6) is 0 Å². The van der Waals surface area contributed by atoms with Crippen LogP contribution in [0, 0.1) is 5.92 Å². The second kappa shape index (κ2) is 5.78.